The van der Waals surface area contributed by atoms with Crippen LogP contribution in [-0.2, 0) is 6.42 Å². The average Bonchev–Trinajstić information content (AvgIpc) is 2.74. The molecule has 30 heavy (non-hydrogen) atoms. The van der Waals surface area contributed by atoms with Crippen LogP contribution in [0.2, 0.25) is 0 Å². The first-order valence-corrected chi connectivity index (χ1v) is 9.64. The molecular weight excluding hydrogens is 500 g/mol. The van der Waals surface area contributed by atoms with E-state index in [2.05, 4.69) is 15.6 Å². The fraction of sp³-hybridized carbons (Fsp3) is 0.409. The van der Waals surface area contributed by atoms with Gasteiger partial charge in [0, 0.05) is 13.6 Å². The van der Waals surface area contributed by atoms with Crippen molar-refractivity contribution < 1.29 is 18.6 Å². The van der Waals surface area contributed by atoms with Gasteiger partial charge in [-0.15, -0.1) is 24.0 Å². The predicted octanol–water partition coefficient (Wildman–Crippen LogP) is 4.03. The molecule has 2 N–H and O–H groups in total. The Morgan fingerprint density at radius 2 is 1.77 bits per heavy atom. The van der Waals surface area contributed by atoms with E-state index in [0.717, 1.165) is 30.9 Å². The first kappa shape index (κ1) is 25.8. The SMILES string of the molecule is CN=C(NCCCc1ccc(OC)c(OC)c1)NCC(C)Oc1ccccc1F.I. The molecule has 2 rings (SSSR count). The zero-order chi connectivity index (χ0) is 21.1. The number of halogens is 2. The number of benzene rings is 2. The quantitative estimate of drug-likeness (QED) is 0.210. The summed E-state index contributed by atoms with van der Waals surface area (Å²) >= 11 is 0. The maximum absolute atomic E-state index is 13.7. The number of rotatable bonds is 10. The Hall–Kier alpha value is -2.23. The summed E-state index contributed by atoms with van der Waals surface area (Å²) in [7, 11) is 4.98. The molecule has 0 bridgehead atoms. The minimum absolute atomic E-state index is 0. The molecule has 0 spiro atoms. The van der Waals surface area contributed by atoms with Crippen LogP contribution in [0, 0.1) is 5.82 Å². The molecule has 2 aromatic rings. The molecule has 0 aromatic heterocycles. The largest absolute Gasteiger partial charge is 0.493 e. The van der Waals surface area contributed by atoms with Gasteiger partial charge < -0.3 is 24.8 Å². The Bertz CT molecular complexity index is 805. The van der Waals surface area contributed by atoms with Crippen LogP contribution in [-0.4, -0.2) is 46.4 Å². The van der Waals surface area contributed by atoms with Crippen molar-refractivity contribution >= 4 is 29.9 Å². The van der Waals surface area contributed by atoms with Crippen molar-refractivity contribution in [2.75, 3.05) is 34.4 Å². The van der Waals surface area contributed by atoms with Crippen LogP contribution in [0.5, 0.6) is 17.2 Å². The summed E-state index contributed by atoms with van der Waals surface area (Å²) < 4.78 is 29.9. The second kappa shape index (κ2) is 13.9. The van der Waals surface area contributed by atoms with Crippen LogP contribution in [0.3, 0.4) is 0 Å². The number of hydrogen-bond acceptors (Lipinski definition) is 4. The maximum atomic E-state index is 13.7. The van der Waals surface area contributed by atoms with Gasteiger partial charge in [-0.3, -0.25) is 4.99 Å². The number of nitrogens with zero attached hydrogens (tertiary/aromatic N) is 1. The first-order valence-electron chi connectivity index (χ1n) is 9.64. The number of guanidine groups is 1. The van der Waals surface area contributed by atoms with Crippen molar-refractivity contribution in [1.29, 1.82) is 0 Å². The smallest absolute Gasteiger partial charge is 0.191 e. The van der Waals surface area contributed by atoms with Gasteiger partial charge in [-0.1, -0.05) is 18.2 Å². The molecule has 1 unspecified atom stereocenters. The molecule has 0 amide bonds. The molecule has 0 aliphatic carbocycles. The fourth-order valence-corrected chi connectivity index (χ4v) is 2.80. The Kier molecular flexibility index (Phi) is 12.0. The van der Waals surface area contributed by atoms with Crippen LogP contribution in [0.25, 0.3) is 0 Å². The minimum atomic E-state index is -0.364. The van der Waals surface area contributed by atoms with Crippen LogP contribution >= 0.6 is 24.0 Å². The topological polar surface area (TPSA) is 64.1 Å². The third-order valence-electron chi connectivity index (χ3n) is 4.33. The average molecular weight is 531 g/mol. The normalized spacial score (nSPS) is 11.8. The minimum Gasteiger partial charge on any atom is -0.493 e. The molecule has 166 valence electrons. The van der Waals surface area contributed by atoms with Gasteiger partial charge in [-0.25, -0.2) is 4.39 Å². The first-order chi connectivity index (χ1) is 14.1. The van der Waals surface area contributed by atoms with E-state index < -0.39 is 0 Å². The third kappa shape index (κ3) is 8.25. The Morgan fingerprint density at radius 3 is 2.43 bits per heavy atom. The number of nitrogens with one attached hydrogen (secondary N) is 2. The van der Waals surface area contributed by atoms with Gasteiger partial charge >= 0.3 is 0 Å². The van der Waals surface area contributed by atoms with E-state index >= 15 is 0 Å². The van der Waals surface area contributed by atoms with Crippen molar-refractivity contribution in [1.82, 2.24) is 10.6 Å². The number of hydrogen-bond donors (Lipinski definition) is 2. The molecular formula is C22H31FIN3O3. The number of methoxy groups -OCH3 is 2. The molecule has 0 fully saturated rings. The second-order valence-corrected chi connectivity index (χ2v) is 6.53. The van der Waals surface area contributed by atoms with Crippen molar-refractivity contribution in [3.05, 3.63) is 53.8 Å². The summed E-state index contributed by atoms with van der Waals surface area (Å²) in [5, 5.41) is 6.47. The summed E-state index contributed by atoms with van der Waals surface area (Å²) in [4.78, 5) is 4.21. The molecule has 0 saturated carbocycles. The third-order valence-corrected chi connectivity index (χ3v) is 4.33. The molecule has 2 aromatic carbocycles. The van der Waals surface area contributed by atoms with Crippen LogP contribution < -0.4 is 24.8 Å². The highest BCUT2D eigenvalue weighted by atomic mass is 127. The van der Waals surface area contributed by atoms with E-state index in [1.807, 2.05) is 25.1 Å². The van der Waals surface area contributed by atoms with Crippen molar-refractivity contribution in [2.45, 2.75) is 25.9 Å². The molecule has 0 radical (unpaired) electrons. The van der Waals surface area contributed by atoms with Gasteiger partial charge in [0.2, 0.25) is 0 Å². The second-order valence-electron chi connectivity index (χ2n) is 6.53. The number of aliphatic imine (C=N–C) groups is 1. The zero-order valence-corrected chi connectivity index (χ0v) is 20.2. The molecule has 6 nitrogen and oxygen atoms in total. The summed E-state index contributed by atoms with van der Waals surface area (Å²) in [6.07, 6.45) is 1.62. The lowest BCUT2D eigenvalue weighted by atomic mass is 10.1. The van der Waals surface area contributed by atoms with Crippen molar-refractivity contribution in [3.63, 3.8) is 0 Å². The summed E-state index contributed by atoms with van der Waals surface area (Å²) in [6, 6.07) is 12.3. The lowest BCUT2D eigenvalue weighted by Crippen LogP contribution is -2.42. The van der Waals surface area contributed by atoms with Gasteiger partial charge in [0.1, 0.15) is 6.10 Å². The lowest BCUT2D eigenvalue weighted by Gasteiger charge is -2.18. The van der Waals surface area contributed by atoms with E-state index in [1.165, 1.54) is 11.6 Å². The molecule has 0 saturated heterocycles. The number of ether oxygens (including phenoxy) is 3. The highest BCUT2D eigenvalue weighted by molar-refractivity contribution is 14.0. The molecule has 0 aliphatic rings. The fourth-order valence-electron chi connectivity index (χ4n) is 2.80. The van der Waals surface area contributed by atoms with Gasteiger partial charge in [0.05, 0.1) is 20.8 Å². The Balaban J connectivity index is 0.00000450. The van der Waals surface area contributed by atoms with Crippen LogP contribution in [0.1, 0.15) is 18.9 Å². The highest BCUT2D eigenvalue weighted by Crippen LogP contribution is 2.27. The Morgan fingerprint density at radius 1 is 1.03 bits per heavy atom. The lowest BCUT2D eigenvalue weighted by molar-refractivity contribution is 0.214. The van der Waals surface area contributed by atoms with Gasteiger partial charge in [0.15, 0.2) is 29.0 Å². The number of para-hydroxylation sites is 1. The molecule has 1 atom stereocenters. The monoisotopic (exact) mass is 531 g/mol. The highest BCUT2D eigenvalue weighted by Gasteiger charge is 2.09. The standard InChI is InChI=1S/C22H30FN3O3.HI/c1-16(29-19-10-6-5-9-18(19)23)15-26-22(24-2)25-13-7-8-17-11-12-20(27-3)21(14-17)28-4;/h5-6,9-12,14,16H,7-8,13,15H2,1-4H3,(H2,24,25,26);1H. The van der Waals surface area contributed by atoms with Crippen molar-refractivity contribution in [2.24, 2.45) is 4.99 Å². The van der Waals surface area contributed by atoms with Gasteiger partial charge in [0.25, 0.3) is 0 Å². The van der Waals surface area contributed by atoms with E-state index in [9.17, 15) is 4.39 Å². The van der Waals surface area contributed by atoms with Gasteiger partial charge in [-0.05, 0) is 49.6 Å². The van der Waals surface area contributed by atoms with Crippen LogP contribution in [0.4, 0.5) is 4.39 Å². The summed E-state index contributed by atoms with van der Waals surface area (Å²) in [5.74, 6) is 2.03. The maximum Gasteiger partial charge on any atom is 0.191 e. The summed E-state index contributed by atoms with van der Waals surface area (Å²) in [6.45, 7) is 3.14. The van der Waals surface area contributed by atoms with Gasteiger partial charge in [-0.2, -0.15) is 0 Å². The van der Waals surface area contributed by atoms with E-state index in [-0.39, 0.29) is 41.6 Å². The van der Waals surface area contributed by atoms with Crippen molar-refractivity contribution in [3.8, 4) is 17.2 Å². The molecule has 8 heteroatoms. The Labute approximate surface area is 195 Å². The van der Waals surface area contributed by atoms with E-state index in [0.29, 0.717) is 12.5 Å². The van der Waals surface area contributed by atoms with Crippen LogP contribution in [0.15, 0.2) is 47.5 Å². The summed E-state index contributed by atoms with van der Waals surface area (Å²) in [5.41, 5.74) is 1.18. The zero-order valence-electron chi connectivity index (χ0n) is 17.9. The van der Waals surface area contributed by atoms with E-state index in [1.54, 1.807) is 39.5 Å². The molecule has 0 aliphatic heterocycles. The molecule has 0 heterocycles. The predicted molar refractivity (Wildman–Crippen MR) is 129 cm³/mol. The number of aryl methyl sites for hydroxylation is 1. The van der Waals surface area contributed by atoms with E-state index in [4.69, 9.17) is 14.2 Å².